The van der Waals surface area contributed by atoms with Crippen LogP contribution in [0.15, 0.2) is 0 Å². The zero-order valence-electron chi connectivity index (χ0n) is 5.81. The van der Waals surface area contributed by atoms with Crippen LogP contribution in [-0.4, -0.2) is 23.9 Å². The van der Waals surface area contributed by atoms with E-state index < -0.39 is 21.0 Å². The molecular weight excluding hydrogens is 185 g/mol. The lowest BCUT2D eigenvalue weighted by atomic mass is 10.2. The van der Waals surface area contributed by atoms with E-state index in [9.17, 15) is 21.6 Å². The van der Waals surface area contributed by atoms with Crippen molar-refractivity contribution in [1.82, 2.24) is 0 Å². The first kappa shape index (κ1) is 10.7. The van der Waals surface area contributed by atoms with Gasteiger partial charge in [-0.3, -0.25) is 4.55 Å². The summed E-state index contributed by atoms with van der Waals surface area (Å²) < 4.78 is 60.7. The van der Waals surface area contributed by atoms with E-state index in [1.165, 1.54) is 0 Å². The molecule has 0 amide bonds. The van der Waals surface area contributed by atoms with Gasteiger partial charge in [0.15, 0.2) is 4.75 Å². The molecule has 0 aromatic carbocycles. The molecule has 68 valence electrons. The third kappa shape index (κ3) is 1.84. The SMILES string of the molecule is CC(C)(C(F)(F)F)S(=O)(=O)O. The van der Waals surface area contributed by atoms with Crippen LogP contribution in [0, 0.1) is 0 Å². The molecule has 0 fully saturated rings. The fourth-order valence-corrected chi connectivity index (χ4v) is 0.439. The van der Waals surface area contributed by atoms with E-state index in [0.717, 1.165) is 0 Å². The van der Waals surface area contributed by atoms with Crippen LogP contribution in [-0.2, 0) is 10.1 Å². The van der Waals surface area contributed by atoms with Gasteiger partial charge in [0.05, 0.1) is 0 Å². The highest BCUT2D eigenvalue weighted by Crippen LogP contribution is 2.35. The fraction of sp³-hybridized carbons (Fsp3) is 1.00. The second kappa shape index (κ2) is 2.34. The number of hydrogen-bond donors (Lipinski definition) is 1. The highest BCUT2D eigenvalue weighted by atomic mass is 32.2. The van der Waals surface area contributed by atoms with Crippen molar-refractivity contribution >= 4 is 10.1 Å². The highest BCUT2D eigenvalue weighted by Gasteiger charge is 2.56. The fourth-order valence-electron chi connectivity index (χ4n) is 0.146. The van der Waals surface area contributed by atoms with Gasteiger partial charge < -0.3 is 0 Å². The van der Waals surface area contributed by atoms with Crippen LogP contribution in [0.25, 0.3) is 0 Å². The average molecular weight is 192 g/mol. The van der Waals surface area contributed by atoms with Gasteiger partial charge >= 0.3 is 6.18 Å². The van der Waals surface area contributed by atoms with Crippen LogP contribution in [0.4, 0.5) is 13.2 Å². The van der Waals surface area contributed by atoms with Crippen molar-refractivity contribution < 1.29 is 26.1 Å². The minimum atomic E-state index is -5.09. The van der Waals surface area contributed by atoms with Crippen LogP contribution < -0.4 is 0 Å². The zero-order valence-corrected chi connectivity index (χ0v) is 6.62. The molecule has 1 N–H and O–H groups in total. The first-order valence-electron chi connectivity index (χ1n) is 2.54. The van der Waals surface area contributed by atoms with Crippen LogP contribution in [0.1, 0.15) is 13.8 Å². The van der Waals surface area contributed by atoms with Crippen molar-refractivity contribution in [2.75, 3.05) is 0 Å². The molecule has 0 saturated heterocycles. The van der Waals surface area contributed by atoms with E-state index in [1.54, 1.807) is 0 Å². The smallest absolute Gasteiger partial charge is 0.285 e. The van der Waals surface area contributed by atoms with Crippen molar-refractivity contribution in [3.05, 3.63) is 0 Å². The predicted molar refractivity (Wildman–Crippen MR) is 31.7 cm³/mol. The van der Waals surface area contributed by atoms with Crippen molar-refractivity contribution in [2.45, 2.75) is 24.8 Å². The van der Waals surface area contributed by atoms with Gasteiger partial charge in [0.25, 0.3) is 10.1 Å². The zero-order chi connectivity index (χ0) is 9.50. The van der Waals surface area contributed by atoms with Crippen molar-refractivity contribution in [2.24, 2.45) is 0 Å². The van der Waals surface area contributed by atoms with Crippen LogP contribution in [0.5, 0.6) is 0 Å². The summed E-state index contributed by atoms with van der Waals surface area (Å²) in [4.78, 5) is 0. The van der Waals surface area contributed by atoms with Crippen molar-refractivity contribution in [3.63, 3.8) is 0 Å². The molecule has 0 aromatic heterocycles. The third-order valence-electron chi connectivity index (χ3n) is 1.33. The molecule has 0 rings (SSSR count). The van der Waals surface area contributed by atoms with E-state index in [1.807, 2.05) is 0 Å². The van der Waals surface area contributed by atoms with E-state index >= 15 is 0 Å². The molecule has 11 heavy (non-hydrogen) atoms. The Morgan fingerprint density at radius 2 is 1.45 bits per heavy atom. The minimum absolute atomic E-state index is 0.391. The third-order valence-corrected chi connectivity index (χ3v) is 2.85. The summed E-state index contributed by atoms with van der Waals surface area (Å²) in [6, 6.07) is 0. The van der Waals surface area contributed by atoms with E-state index in [0.29, 0.717) is 13.8 Å². The van der Waals surface area contributed by atoms with Gasteiger partial charge in [0.1, 0.15) is 0 Å². The highest BCUT2D eigenvalue weighted by molar-refractivity contribution is 7.87. The molecule has 0 unspecified atom stereocenters. The van der Waals surface area contributed by atoms with E-state index in [-0.39, 0.29) is 0 Å². The Morgan fingerprint density at radius 1 is 1.18 bits per heavy atom. The quantitative estimate of drug-likeness (QED) is 0.635. The Bertz CT molecular complexity index is 238. The predicted octanol–water partition coefficient (Wildman–Crippen LogP) is 1.22. The Kier molecular flexibility index (Phi) is 2.28. The Balaban J connectivity index is 5.08. The van der Waals surface area contributed by atoms with Crippen LogP contribution in [0.3, 0.4) is 0 Å². The summed E-state index contributed by atoms with van der Waals surface area (Å²) in [7, 11) is -5.09. The molecule has 0 aliphatic rings. The van der Waals surface area contributed by atoms with Crippen molar-refractivity contribution in [1.29, 1.82) is 0 Å². The molecule has 0 heterocycles. The molecule has 0 saturated carbocycles. The van der Waals surface area contributed by atoms with Gasteiger partial charge in [-0.25, -0.2) is 0 Å². The molecule has 0 aromatic rings. The van der Waals surface area contributed by atoms with Crippen LogP contribution in [0.2, 0.25) is 0 Å². The Hall–Kier alpha value is -0.300. The topological polar surface area (TPSA) is 54.4 Å². The molecular formula is C4H7F3O3S. The molecule has 0 aliphatic heterocycles. The van der Waals surface area contributed by atoms with Gasteiger partial charge in [0, 0.05) is 0 Å². The van der Waals surface area contributed by atoms with Crippen LogP contribution >= 0.6 is 0 Å². The lowest BCUT2D eigenvalue weighted by molar-refractivity contribution is -0.154. The summed E-state index contributed by atoms with van der Waals surface area (Å²) in [6.45, 7) is 0.782. The minimum Gasteiger partial charge on any atom is -0.285 e. The summed E-state index contributed by atoms with van der Waals surface area (Å²) in [5.41, 5.74) is 0. The molecule has 7 heteroatoms. The summed E-state index contributed by atoms with van der Waals surface area (Å²) >= 11 is 0. The van der Waals surface area contributed by atoms with Gasteiger partial charge in [0.2, 0.25) is 0 Å². The summed E-state index contributed by atoms with van der Waals surface area (Å²) in [5, 5.41) is 0. The maximum atomic E-state index is 11.8. The lowest BCUT2D eigenvalue weighted by Crippen LogP contribution is -2.46. The molecule has 0 aliphatic carbocycles. The van der Waals surface area contributed by atoms with Gasteiger partial charge in [-0.05, 0) is 13.8 Å². The Labute approximate surface area is 62.0 Å². The molecule has 0 radical (unpaired) electrons. The number of hydrogen-bond acceptors (Lipinski definition) is 2. The van der Waals surface area contributed by atoms with Gasteiger partial charge in [-0.1, -0.05) is 0 Å². The average Bonchev–Trinajstić information content (AvgIpc) is 1.58. The largest absolute Gasteiger partial charge is 0.409 e. The molecule has 0 spiro atoms. The molecule has 0 bridgehead atoms. The lowest BCUT2D eigenvalue weighted by Gasteiger charge is -2.23. The summed E-state index contributed by atoms with van der Waals surface area (Å²) in [6.07, 6.45) is -4.96. The molecule has 0 atom stereocenters. The van der Waals surface area contributed by atoms with Gasteiger partial charge in [-0.2, -0.15) is 21.6 Å². The number of rotatable bonds is 1. The second-order valence-corrected chi connectivity index (χ2v) is 4.45. The molecule has 3 nitrogen and oxygen atoms in total. The maximum Gasteiger partial charge on any atom is 0.409 e. The first-order chi connectivity index (χ1) is 4.50. The first-order valence-corrected chi connectivity index (χ1v) is 3.98. The maximum absolute atomic E-state index is 11.8. The normalized spacial score (nSPS) is 15.1. The van der Waals surface area contributed by atoms with Crippen molar-refractivity contribution in [3.8, 4) is 0 Å². The van der Waals surface area contributed by atoms with E-state index in [2.05, 4.69) is 0 Å². The summed E-state index contributed by atoms with van der Waals surface area (Å²) in [5.74, 6) is 0. The number of halogens is 3. The monoisotopic (exact) mass is 192 g/mol. The second-order valence-electron chi connectivity index (χ2n) is 2.48. The standard InChI is InChI=1S/C4H7F3O3S/c1-3(2,4(5,6)7)11(8,9)10/h1-2H3,(H,8,9,10). The number of alkyl halides is 3. The van der Waals surface area contributed by atoms with E-state index in [4.69, 9.17) is 4.55 Å². The Morgan fingerprint density at radius 3 is 1.45 bits per heavy atom. The van der Waals surface area contributed by atoms with Gasteiger partial charge in [-0.15, -0.1) is 0 Å².